The Labute approximate surface area is 167 Å². The summed E-state index contributed by atoms with van der Waals surface area (Å²) in [6.07, 6.45) is -4.30. The van der Waals surface area contributed by atoms with Gasteiger partial charge >= 0.3 is 6.18 Å². The largest absolute Gasteiger partial charge is 0.438 e. The van der Waals surface area contributed by atoms with E-state index in [2.05, 4.69) is 10.3 Å². The fraction of sp³-hybridized carbons (Fsp3) is 0.550. The molecule has 0 aliphatic carbocycles. The smallest absolute Gasteiger partial charge is 0.379 e. The van der Waals surface area contributed by atoms with E-state index >= 15 is 0 Å². The van der Waals surface area contributed by atoms with Gasteiger partial charge in [-0.15, -0.1) is 0 Å². The molecule has 9 heteroatoms. The Bertz CT molecular complexity index is 952. The van der Waals surface area contributed by atoms with Gasteiger partial charge in [0.2, 0.25) is 11.6 Å². The van der Waals surface area contributed by atoms with Crippen LogP contribution >= 0.6 is 0 Å². The van der Waals surface area contributed by atoms with E-state index < -0.39 is 29.4 Å². The summed E-state index contributed by atoms with van der Waals surface area (Å²) in [4.78, 5) is 28.7. The average Bonchev–Trinajstić information content (AvgIpc) is 2.60. The molecule has 160 valence electrons. The predicted octanol–water partition coefficient (Wildman–Crippen LogP) is 3.52. The van der Waals surface area contributed by atoms with Gasteiger partial charge in [-0.25, -0.2) is 4.98 Å². The molecule has 1 heterocycles. The summed E-state index contributed by atoms with van der Waals surface area (Å²) in [5, 5.41) is 2.65. The lowest BCUT2D eigenvalue weighted by Gasteiger charge is -2.20. The van der Waals surface area contributed by atoms with E-state index in [0.29, 0.717) is 13.0 Å². The number of halogens is 3. The van der Waals surface area contributed by atoms with Gasteiger partial charge in [0.05, 0.1) is 17.1 Å². The first kappa shape index (κ1) is 22.9. The fourth-order valence-electron chi connectivity index (χ4n) is 2.90. The molecule has 0 aliphatic heterocycles. The van der Waals surface area contributed by atoms with Gasteiger partial charge in [-0.3, -0.25) is 14.2 Å². The van der Waals surface area contributed by atoms with E-state index in [1.807, 2.05) is 13.8 Å². The summed E-state index contributed by atoms with van der Waals surface area (Å²) in [5.41, 5.74) is -1.13. The number of nitrogens with zero attached hydrogens (tertiary/aromatic N) is 2. The standard InChI is InChI=1S/C20H26F3N3O3/c1-11(2)29-8-6-7-24-18(27)14(5)26-16-10-13(4)12(3)9-15(16)25-17(19(26)28)20(21,22)23/h9-11,14H,6-8H2,1-5H3,(H,24,27). The number of amides is 1. The first-order valence-electron chi connectivity index (χ1n) is 9.43. The first-order chi connectivity index (χ1) is 13.4. The summed E-state index contributed by atoms with van der Waals surface area (Å²) >= 11 is 0. The van der Waals surface area contributed by atoms with E-state index in [4.69, 9.17) is 4.74 Å². The maximum atomic E-state index is 13.4. The van der Waals surface area contributed by atoms with Gasteiger partial charge in [-0.1, -0.05) is 0 Å². The number of alkyl halides is 3. The third-order valence-corrected chi connectivity index (χ3v) is 4.61. The van der Waals surface area contributed by atoms with Crippen molar-refractivity contribution in [1.82, 2.24) is 14.9 Å². The zero-order chi connectivity index (χ0) is 21.9. The number of hydrogen-bond donors (Lipinski definition) is 1. The van der Waals surface area contributed by atoms with Crippen molar-refractivity contribution in [3.8, 4) is 0 Å². The van der Waals surface area contributed by atoms with E-state index in [1.165, 1.54) is 13.0 Å². The molecule has 1 unspecified atom stereocenters. The average molecular weight is 413 g/mol. The number of ether oxygens (including phenoxy) is 1. The lowest BCUT2D eigenvalue weighted by molar-refractivity contribution is -0.142. The monoisotopic (exact) mass is 413 g/mol. The van der Waals surface area contributed by atoms with E-state index in [1.54, 1.807) is 19.9 Å². The van der Waals surface area contributed by atoms with Crippen molar-refractivity contribution in [2.24, 2.45) is 0 Å². The second-order valence-electron chi connectivity index (χ2n) is 7.30. The van der Waals surface area contributed by atoms with E-state index in [-0.39, 0.29) is 23.7 Å². The van der Waals surface area contributed by atoms with Crippen LogP contribution in [0.25, 0.3) is 11.0 Å². The molecule has 2 rings (SSSR count). The van der Waals surface area contributed by atoms with Gasteiger partial charge in [0, 0.05) is 13.2 Å². The van der Waals surface area contributed by atoms with Crippen LogP contribution in [0.1, 0.15) is 50.1 Å². The number of carbonyl (C=O) groups is 1. The molecule has 1 aromatic carbocycles. The number of aryl methyl sites for hydroxylation is 2. The Morgan fingerprint density at radius 2 is 1.83 bits per heavy atom. The summed E-state index contributed by atoms with van der Waals surface area (Å²) in [6.45, 7) is 9.44. The van der Waals surface area contributed by atoms with Crippen molar-refractivity contribution < 1.29 is 22.7 Å². The molecule has 6 nitrogen and oxygen atoms in total. The summed E-state index contributed by atoms with van der Waals surface area (Å²) in [6, 6.07) is 1.94. The molecule has 1 aromatic heterocycles. The van der Waals surface area contributed by atoms with Gasteiger partial charge < -0.3 is 10.1 Å². The van der Waals surface area contributed by atoms with Gasteiger partial charge in [0.15, 0.2) is 0 Å². The zero-order valence-corrected chi connectivity index (χ0v) is 17.2. The molecule has 0 saturated heterocycles. The summed E-state index contributed by atoms with van der Waals surface area (Å²) in [7, 11) is 0. The first-order valence-corrected chi connectivity index (χ1v) is 9.43. The number of fused-ring (bicyclic) bond motifs is 1. The second kappa shape index (κ2) is 8.94. The molecule has 2 aromatic rings. The third kappa shape index (κ3) is 5.35. The van der Waals surface area contributed by atoms with Gasteiger partial charge in [0.1, 0.15) is 6.04 Å². The second-order valence-corrected chi connectivity index (χ2v) is 7.30. The Morgan fingerprint density at radius 1 is 1.21 bits per heavy atom. The highest BCUT2D eigenvalue weighted by molar-refractivity contribution is 5.84. The molecule has 1 amide bonds. The highest BCUT2D eigenvalue weighted by Crippen LogP contribution is 2.28. The molecule has 29 heavy (non-hydrogen) atoms. The highest BCUT2D eigenvalue weighted by Gasteiger charge is 2.38. The SMILES string of the molecule is Cc1cc2nc(C(F)(F)F)c(=O)n(C(C)C(=O)NCCCOC(C)C)c2cc1C. The molecule has 1 N–H and O–H groups in total. The number of rotatable bonds is 7. The fourth-order valence-corrected chi connectivity index (χ4v) is 2.90. The summed E-state index contributed by atoms with van der Waals surface area (Å²) in [5.74, 6) is -0.546. The minimum Gasteiger partial charge on any atom is -0.379 e. The van der Waals surface area contributed by atoms with Crippen LogP contribution in [-0.4, -0.2) is 34.7 Å². The maximum Gasteiger partial charge on any atom is 0.438 e. The molecular weight excluding hydrogens is 387 g/mol. The maximum absolute atomic E-state index is 13.4. The van der Waals surface area contributed by atoms with Gasteiger partial charge in [-0.05, 0) is 64.3 Å². The molecule has 0 spiro atoms. The van der Waals surface area contributed by atoms with Crippen LogP contribution < -0.4 is 10.9 Å². The quantitative estimate of drug-likeness (QED) is 0.705. The molecule has 0 fully saturated rings. The predicted molar refractivity (Wildman–Crippen MR) is 104 cm³/mol. The highest BCUT2D eigenvalue weighted by atomic mass is 19.4. The molecule has 0 aliphatic rings. The third-order valence-electron chi connectivity index (χ3n) is 4.61. The summed E-state index contributed by atoms with van der Waals surface area (Å²) < 4.78 is 46.3. The van der Waals surface area contributed by atoms with Crippen molar-refractivity contribution in [1.29, 1.82) is 0 Å². The molecule has 0 saturated carbocycles. The van der Waals surface area contributed by atoms with Crippen molar-refractivity contribution in [2.45, 2.75) is 59.4 Å². The lowest BCUT2D eigenvalue weighted by Crippen LogP contribution is -2.39. The number of carbonyl (C=O) groups excluding carboxylic acids is 1. The minimum absolute atomic E-state index is 0.0185. The topological polar surface area (TPSA) is 73.2 Å². The van der Waals surface area contributed by atoms with E-state index in [9.17, 15) is 22.8 Å². The van der Waals surface area contributed by atoms with Crippen LogP contribution in [0.15, 0.2) is 16.9 Å². The molecule has 1 atom stereocenters. The minimum atomic E-state index is -4.92. The number of nitrogens with one attached hydrogen (secondary N) is 1. The normalized spacial score (nSPS) is 13.1. The van der Waals surface area contributed by atoms with Crippen LogP contribution in [0.2, 0.25) is 0 Å². The van der Waals surface area contributed by atoms with Crippen molar-refractivity contribution in [3.05, 3.63) is 39.3 Å². The molecule has 0 bridgehead atoms. The number of benzene rings is 1. The lowest BCUT2D eigenvalue weighted by atomic mass is 10.1. The van der Waals surface area contributed by atoms with Crippen molar-refractivity contribution >= 4 is 16.9 Å². The molecular formula is C20H26F3N3O3. The van der Waals surface area contributed by atoms with Gasteiger partial charge in [0.25, 0.3) is 5.56 Å². The van der Waals surface area contributed by atoms with Crippen LogP contribution in [0.4, 0.5) is 13.2 Å². The van der Waals surface area contributed by atoms with Gasteiger partial charge in [-0.2, -0.15) is 13.2 Å². The zero-order valence-electron chi connectivity index (χ0n) is 17.2. The Hall–Kier alpha value is -2.42. The molecule has 0 radical (unpaired) electrons. The number of hydrogen-bond acceptors (Lipinski definition) is 4. The van der Waals surface area contributed by atoms with Crippen molar-refractivity contribution in [3.63, 3.8) is 0 Å². The van der Waals surface area contributed by atoms with Crippen LogP contribution in [0, 0.1) is 13.8 Å². The van der Waals surface area contributed by atoms with Crippen LogP contribution in [0.5, 0.6) is 0 Å². The van der Waals surface area contributed by atoms with Crippen LogP contribution in [-0.2, 0) is 15.7 Å². The van der Waals surface area contributed by atoms with E-state index in [0.717, 1.165) is 15.7 Å². The van der Waals surface area contributed by atoms with Crippen molar-refractivity contribution in [2.75, 3.05) is 13.2 Å². The number of aromatic nitrogens is 2. The Morgan fingerprint density at radius 3 is 2.41 bits per heavy atom. The Kier molecular flexibility index (Phi) is 7.05. The Balaban J connectivity index is 2.41. The van der Waals surface area contributed by atoms with Crippen LogP contribution in [0.3, 0.4) is 0 Å².